The number of ether oxygens (including phenoxy) is 1. The summed E-state index contributed by atoms with van der Waals surface area (Å²) in [5, 5.41) is 9.35. The molecule has 1 unspecified atom stereocenters. The highest BCUT2D eigenvalue weighted by atomic mass is 19.3. The van der Waals surface area contributed by atoms with E-state index in [9.17, 15) is 22.7 Å². The smallest absolute Gasteiger partial charge is 0.330 e. The molecular formula is C9H18F4NO2+. The van der Waals surface area contributed by atoms with Crippen molar-refractivity contribution in [3.8, 4) is 0 Å². The highest BCUT2D eigenvalue weighted by Crippen LogP contribution is 2.22. The Morgan fingerprint density at radius 3 is 2.12 bits per heavy atom. The second-order valence-electron chi connectivity index (χ2n) is 4.70. The first-order chi connectivity index (χ1) is 7.04. The molecule has 0 saturated heterocycles. The van der Waals surface area contributed by atoms with Crippen molar-refractivity contribution in [1.82, 2.24) is 0 Å². The fourth-order valence-corrected chi connectivity index (χ4v) is 1.08. The van der Waals surface area contributed by atoms with Crippen molar-refractivity contribution >= 4 is 0 Å². The molecule has 0 bridgehead atoms. The number of alkyl halides is 4. The summed E-state index contributed by atoms with van der Waals surface area (Å²) < 4.78 is 53.0. The summed E-state index contributed by atoms with van der Waals surface area (Å²) in [5.74, 6) is -4.16. The molecule has 0 aliphatic heterocycles. The van der Waals surface area contributed by atoms with E-state index in [0.29, 0.717) is 11.0 Å². The number of likely N-dealkylation sites (N-methyl/N-ethyl adjacent to an activating group) is 1. The van der Waals surface area contributed by atoms with Gasteiger partial charge in [-0.25, -0.2) is 8.78 Å². The third kappa shape index (κ3) is 6.97. The normalized spacial score (nSPS) is 15.6. The molecule has 1 atom stereocenters. The number of nitrogens with zero attached hydrogens (tertiary/aromatic N) is 1. The van der Waals surface area contributed by atoms with E-state index in [0.717, 1.165) is 0 Å². The van der Waals surface area contributed by atoms with Crippen LogP contribution in [0.15, 0.2) is 0 Å². The molecule has 0 aromatic carbocycles. The second-order valence-corrected chi connectivity index (χ2v) is 4.70. The van der Waals surface area contributed by atoms with Gasteiger partial charge in [0.15, 0.2) is 0 Å². The van der Waals surface area contributed by atoms with E-state index in [1.54, 1.807) is 21.1 Å². The Morgan fingerprint density at radius 1 is 1.25 bits per heavy atom. The third-order valence-electron chi connectivity index (χ3n) is 1.68. The molecule has 16 heavy (non-hydrogen) atoms. The van der Waals surface area contributed by atoms with Gasteiger partial charge in [0, 0.05) is 0 Å². The molecular weight excluding hydrogens is 230 g/mol. The molecule has 0 fully saturated rings. The van der Waals surface area contributed by atoms with Crippen molar-refractivity contribution < 1.29 is 31.9 Å². The van der Waals surface area contributed by atoms with Crippen molar-refractivity contribution in [1.29, 1.82) is 0 Å². The van der Waals surface area contributed by atoms with E-state index >= 15 is 0 Å². The van der Waals surface area contributed by atoms with E-state index in [2.05, 4.69) is 4.74 Å². The molecule has 0 aromatic heterocycles. The van der Waals surface area contributed by atoms with E-state index in [4.69, 9.17) is 0 Å². The van der Waals surface area contributed by atoms with Gasteiger partial charge in [-0.1, -0.05) is 0 Å². The van der Waals surface area contributed by atoms with Crippen LogP contribution in [0.4, 0.5) is 17.6 Å². The Bertz CT molecular complexity index is 206. The molecule has 0 saturated carbocycles. The predicted molar refractivity (Wildman–Crippen MR) is 50.7 cm³/mol. The van der Waals surface area contributed by atoms with Gasteiger partial charge in [-0.05, 0) is 0 Å². The monoisotopic (exact) mass is 248 g/mol. The van der Waals surface area contributed by atoms with Gasteiger partial charge in [0.1, 0.15) is 19.3 Å². The first kappa shape index (κ1) is 15.6. The summed E-state index contributed by atoms with van der Waals surface area (Å²) in [7, 11) is 5.41. The summed E-state index contributed by atoms with van der Waals surface area (Å²) in [6, 6.07) is 0. The van der Waals surface area contributed by atoms with E-state index in [-0.39, 0.29) is 6.61 Å². The fourth-order valence-electron chi connectivity index (χ4n) is 1.08. The highest BCUT2D eigenvalue weighted by Gasteiger charge is 2.41. The Hall–Kier alpha value is -0.400. The van der Waals surface area contributed by atoms with Crippen LogP contribution in [0, 0.1) is 0 Å². The summed E-state index contributed by atoms with van der Waals surface area (Å²) >= 11 is 0. The minimum absolute atomic E-state index is 0.292. The number of hydrogen-bond donors (Lipinski definition) is 1. The minimum atomic E-state index is -4.16. The summed E-state index contributed by atoms with van der Waals surface area (Å²) in [5.41, 5.74) is 0. The number of hydrogen-bond acceptors (Lipinski definition) is 2. The number of quaternary nitrogens is 1. The van der Waals surface area contributed by atoms with Crippen LogP contribution < -0.4 is 0 Å². The quantitative estimate of drug-likeness (QED) is 0.537. The molecule has 0 heterocycles. The standard InChI is InChI=1S/C9H18F4NO2/c1-14(2,3)4-7(15)5-16-6-9(12,13)8(10)11/h7-8,15H,4-6H2,1-3H3/q+1. The van der Waals surface area contributed by atoms with Crippen LogP contribution in [0.3, 0.4) is 0 Å². The summed E-state index contributed by atoms with van der Waals surface area (Å²) in [6.45, 7) is -1.46. The molecule has 0 aliphatic rings. The van der Waals surface area contributed by atoms with Crippen LogP contribution in [-0.2, 0) is 4.74 Å². The lowest BCUT2D eigenvalue weighted by Crippen LogP contribution is -2.43. The minimum Gasteiger partial charge on any atom is -0.385 e. The van der Waals surface area contributed by atoms with Crippen molar-refractivity contribution in [2.75, 3.05) is 40.9 Å². The molecule has 0 aliphatic carbocycles. The first-order valence-corrected chi connectivity index (χ1v) is 4.77. The maximum atomic E-state index is 12.4. The Balaban J connectivity index is 3.82. The van der Waals surface area contributed by atoms with Gasteiger partial charge >= 0.3 is 12.3 Å². The van der Waals surface area contributed by atoms with Gasteiger partial charge < -0.3 is 14.3 Å². The largest absolute Gasteiger partial charge is 0.385 e. The predicted octanol–water partition coefficient (Wildman–Crippen LogP) is 0.970. The van der Waals surface area contributed by atoms with Gasteiger partial charge in [0.2, 0.25) is 0 Å². The lowest BCUT2D eigenvalue weighted by atomic mass is 10.3. The molecule has 0 radical (unpaired) electrons. The zero-order valence-corrected chi connectivity index (χ0v) is 9.59. The van der Waals surface area contributed by atoms with Crippen molar-refractivity contribution in [3.05, 3.63) is 0 Å². The van der Waals surface area contributed by atoms with Gasteiger partial charge in [0.05, 0.1) is 27.7 Å². The number of aliphatic hydroxyl groups excluding tert-OH is 1. The lowest BCUT2D eigenvalue weighted by Gasteiger charge is -2.26. The van der Waals surface area contributed by atoms with Crippen molar-refractivity contribution in [3.63, 3.8) is 0 Å². The molecule has 1 N–H and O–H groups in total. The number of aliphatic hydroxyl groups is 1. The van der Waals surface area contributed by atoms with Gasteiger partial charge in [-0.15, -0.1) is 0 Å². The molecule has 3 nitrogen and oxygen atoms in total. The van der Waals surface area contributed by atoms with Crippen LogP contribution in [0.2, 0.25) is 0 Å². The van der Waals surface area contributed by atoms with Gasteiger partial charge in [0.25, 0.3) is 0 Å². The van der Waals surface area contributed by atoms with Crippen molar-refractivity contribution in [2.24, 2.45) is 0 Å². The molecule has 0 aromatic rings. The molecule has 0 spiro atoms. The van der Waals surface area contributed by atoms with E-state index in [1.807, 2.05) is 0 Å². The second kappa shape index (κ2) is 5.79. The van der Waals surface area contributed by atoms with Gasteiger partial charge in [-0.2, -0.15) is 8.78 Å². The summed E-state index contributed by atoms with van der Waals surface area (Å²) in [4.78, 5) is 0. The van der Waals surface area contributed by atoms with Crippen molar-refractivity contribution in [2.45, 2.75) is 18.5 Å². The van der Waals surface area contributed by atoms with Crippen LogP contribution in [0.5, 0.6) is 0 Å². The van der Waals surface area contributed by atoms with Gasteiger partial charge in [-0.3, -0.25) is 0 Å². The van der Waals surface area contributed by atoms with Crippen LogP contribution in [0.25, 0.3) is 0 Å². The molecule has 7 heteroatoms. The SMILES string of the molecule is C[N+](C)(C)CC(O)COCC(F)(F)C(F)F. The van der Waals surface area contributed by atoms with E-state index < -0.39 is 25.1 Å². The maximum absolute atomic E-state index is 12.4. The van der Waals surface area contributed by atoms with E-state index in [1.165, 1.54) is 0 Å². The fraction of sp³-hybridized carbons (Fsp3) is 1.00. The Morgan fingerprint density at radius 2 is 1.75 bits per heavy atom. The molecule has 0 amide bonds. The lowest BCUT2D eigenvalue weighted by molar-refractivity contribution is -0.873. The average molecular weight is 248 g/mol. The Labute approximate surface area is 92.2 Å². The number of halogens is 4. The highest BCUT2D eigenvalue weighted by molar-refractivity contribution is 4.68. The Kier molecular flexibility index (Phi) is 5.64. The summed E-state index contributed by atoms with van der Waals surface area (Å²) in [6.07, 6.45) is -4.70. The molecule has 0 rings (SSSR count). The zero-order chi connectivity index (χ0) is 13.0. The molecule has 98 valence electrons. The topological polar surface area (TPSA) is 29.5 Å². The van der Waals surface area contributed by atoms with Crippen LogP contribution in [-0.4, -0.2) is 68.9 Å². The average Bonchev–Trinajstić information content (AvgIpc) is 1.99. The van der Waals surface area contributed by atoms with Crippen LogP contribution >= 0.6 is 0 Å². The zero-order valence-electron chi connectivity index (χ0n) is 9.59. The van der Waals surface area contributed by atoms with Crippen LogP contribution in [0.1, 0.15) is 0 Å². The third-order valence-corrected chi connectivity index (χ3v) is 1.68. The number of rotatable bonds is 7. The first-order valence-electron chi connectivity index (χ1n) is 4.77. The maximum Gasteiger partial charge on any atom is 0.330 e.